The molecule has 0 bridgehead atoms. The van der Waals surface area contributed by atoms with E-state index in [2.05, 4.69) is 15.5 Å². The number of anilines is 1. The van der Waals surface area contributed by atoms with Crippen molar-refractivity contribution in [1.29, 1.82) is 0 Å². The zero-order valence-electron chi connectivity index (χ0n) is 18.4. The number of carboxylic acid groups (broad SMARTS) is 1. The lowest BCUT2D eigenvalue weighted by molar-refractivity contribution is -0.160. The topological polar surface area (TPSA) is 147 Å². The molecular weight excluding hydrogens is 478 g/mol. The maximum Gasteiger partial charge on any atom is 0.327 e. The molecule has 10 nitrogen and oxygen atoms in total. The summed E-state index contributed by atoms with van der Waals surface area (Å²) in [5.41, 5.74) is 8.29. The molecule has 5 rings (SSSR count). The van der Waals surface area contributed by atoms with Crippen molar-refractivity contribution in [1.82, 2.24) is 15.2 Å². The van der Waals surface area contributed by atoms with Crippen LogP contribution in [0.3, 0.4) is 0 Å². The molecule has 3 aliphatic rings. The molecule has 4 N–H and O–H groups in total. The molecule has 1 aromatic heterocycles. The fourth-order valence-corrected chi connectivity index (χ4v) is 6.85. The van der Waals surface area contributed by atoms with Crippen LogP contribution in [0.15, 0.2) is 34.8 Å². The molecule has 0 spiro atoms. The van der Waals surface area contributed by atoms with Gasteiger partial charge in [-0.3, -0.25) is 9.59 Å². The van der Waals surface area contributed by atoms with E-state index in [0.717, 1.165) is 11.3 Å². The minimum absolute atomic E-state index is 0.0767. The smallest absolute Gasteiger partial charge is 0.327 e. The fraction of sp³-hybridized carbons (Fsp3) is 0.409. The summed E-state index contributed by atoms with van der Waals surface area (Å²) in [4.78, 5) is 48.9. The molecular formula is C22H23N5O5S2. The van der Waals surface area contributed by atoms with Crippen LogP contribution in [0.25, 0.3) is 0 Å². The Morgan fingerprint density at radius 3 is 2.56 bits per heavy atom. The summed E-state index contributed by atoms with van der Waals surface area (Å²) in [6.07, 6.45) is 1.13. The fourth-order valence-electron chi connectivity index (χ4n) is 4.68. The van der Waals surface area contributed by atoms with E-state index in [1.54, 1.807) is 19.2 Å². The number of hydrogen-bond acceptors (Lipinski definition) is 9. The number of thioether (sulfide) groups is 1. The van der Waals surface area contributed by atoms with Crippen LogP contribution >= 0.6 is 23.1 Å². The molecule has 0 unspecified atom stereocenters. The molecule has 3 atom stereocenters. The van der Waals surface area contributed by atoms with Crippen molar-refractivity contribution < 1.29 is 24.3 Å². The first-order chi connectivity index (χ1) is 16.2. The average molecular weight is 502 g/mol. The molecule has 1 aromatic carbocycles. The number of nitrogens with zero attached hydrogens (tertiary/aromatic N) is 3. The summed E-state index contributed by atoms with van der Waals surface area (Å²) in [5, 5.41) is 17.8. The van der Waals surface area contributed by atoms with Crippen molar-refractivity contribution in [3.05, 3.63) is 46.5 Å². The van der Waals surface area contributed by atoms with Crippen molar-refractivity contribution >= 4 is 51.7 Å². The summed E-state index contributed by atoms with van der Waals surface area (Å²) in [7, 11) is 0. The van der Waals surface area contributed by atoms with Gasteiger partial charge >= 0.3 is 5.97 Å². The second kappa shape index (κ2) is 8.27. The highest BCUT2D eigenvalue weighted by Gasteiger charge is 2.64. The number of rotatable bonds is 6. The number of nitrogens with two attached hydrogens (primary N) is 1. The number of nitrogens with one attached hydrogen (secondary N) is 1. The molecule has 1 aliphatic carbocycles. The van der Waals surface area contributed by atoms with E-state index in [9.17, 15) is 19.5 Å². The molecule has 2 fully saturated rings. The monoisotopic (exact) mass is 501 g/mol. The van der Waals surface area contributed by atoms with Gasteiger partial charge in [-0.25, -0.2) is 9.78 Å². The van der Waals surface area contributed by atoms with Gasteiger partial charge in [-0.2, -0.15) is 0 Å². The number of nitrogen functional groups attached to an aromatic ring is 1. The Balaban J connectivity index is 1.33. The van der Waals surface area contributed by atoms with Crippen LogP contribution in [-0.2, 0) is 32.1 Å². The minimum atomic E-state index is -1.07. The van der Waals surface area contributed by atoms with Gasteiger partial charge in [0, 0.05) is 23.0 Å². The van der Waals surface area contributed by atoms with Gasteiger partial charge in [-0.1, -0.05) is 29.4 Å². The molecule has 0 radical (unpaired) electrons. The van der Waals surface area contributed by atoms with E-state index in [1.165, 1.54) is 27.8 Å². The summed E-state index contributed by atoms with van der Waals surface area (Å²) in [6, 6.07) is 6.20. The van der Waals surface area contributed by atoms with Crippen molar-refractivity contribution in [2.45, 2.75) is 55.0 Å². The normalized spacial score (nSPS) is 25.5. The standard InChI is InChI=1S/C22H23N5O5S2/c1-22(2)16(20(30)31)27-18(29)15(19(27)34-22)25-17(28)14(13-9-33-21(23)24-13)26-32-12-7-10-5-3-4-6-11(10)8-12/h3-6,9,12,15-16,19H,7-8H2,1-2H3,(H2,23,24)(H,25,28)(H,30,31)/b26-14-/t15-,16-,19+/m0/s1. The average Bonchev–Trinajstić information content (AvgIpc) is 3.46. The minimum Gasteiger partial charge on any atom is -0.480 e. The van der Waals surface area contributed by atoms with E-state index >= 15 is 0 Å². The van der Waals surface area contributed by atoms with E-state index in [4.69, 9.17) is 10.6 Å². The van der Waals surface area contributed by atoms with Crippen molar-refractivity contribution in [2.75, 3.05) is 5.73 Å². The van der Waals surface area contributed by atoms with Crippen molar-refractivity contribution in [3.8, 4) is 0 Å². The maximum absolute atomic E-state index is 13.2. The van der Waals surface area contributed by atoms with Crippen LogP contribution in [-0.4, -0.2) is 66.8 Å². The van der Waals surface area contributed by atoms with Crippen LogP contribution < -0.4 is 11.1 Å². The number of carboxylic acids is 1. The van der Waals surface area contributed by atoms with Gasteiger partial charge in [-0.05, 0) is 25.0 Å². The van der Waals surface area contributed by atoms with E-state index < -0.39 is 40.0 Å². The lowest BCUT2D eigenvalue weighted by Crippen LogP contribution is -2.71. The molecule has 2 aromatic rings. The Morgan fingerprint density at radius 2 is 1.97 bits per heavy atom. The third kappa shape index (κ3) is 3.80. The van der Waals surface area contributed by atoms with Gasteiger partial charge in [0.2, 0.25) is 5.91 Å². The predicted molar refractivity (Wildman–Crippen MR) is 127 cm³/mol. The first kappa shape index (κ1) is 22.7. The number of thiazole rings is 1. The number of aromatic nitrogens is 1. The Hall–Kier alpha value is -3.12. The zero-order chi connectivity index (χ0) is 24.2. The number of carbonyl (C=O) groups is 3. The van der Waals surface area contributed by atoms with Crippen molar-refractivity contribution in [3.63, 3.8) is 0 Å². The number of fused-ring (bicyclic) bond motifs is 2. The lowest BCUT2D eigenvalue weighted by Gasteiger charge is -2.43. The van der Waals surface area contributed by atoms with E-state index in [1.807, 2.05) is 24.3 Å². The Labute approximate surface area is 203 Å². The van der Waals surface area contributed by atoms with Gasteiger partial charge in [0.1, 0.15) is 29.3 Å². The van der Waals surface area contributed by atoms with E-state index in [-0.39, 0.29) is 22.6 Å². The quantitative estimate of drug-likeness (QED) is 0.304. The highest BCUT2D eigenvalue weighted by molar-refractivity contribution is 8.01. The number of hydrogen-bond donors (Lipinski definition) is 3. The van der Waals surface area contributed by atoms with Gasteiger partial charge < -0.3 is 25.9 Å². The van der Waals surface area contributed by atoms with Gasteiger partial charge in [0.05, 0.1) is 0 Å². The van der Waals surface area contributed by atoms with Crippen molar-refractivity contribution in [2.24, 2.45) is 5.16 Å². The van der Waals surface area contributed by atoms with Crippen LogP contribution in [0.1, 0.15) is 30.7 Å². The third-order valence-corrected chi connectivity index (χ3v) is 8.49. The molecule has 12 heteroatoms. The number of carbonyl (C=O) groups excluding carboxylic acids is 2. The van der Waals surface area contributed by atoms with Crippen LogP contribution in [0.2, 0.25) is 0 Å². The molecule has 0 saturated carbocycles. The van der Waals surface area contributed by atoms with Crippen LogP contribution in [0.4, 0.5) is 5.13 Å². The number of β-lactam (4-membered cyclic amide) rings is 1. The summed E-state index contributed by atoms with van der Waals surface area (Å²) >= 11 is 2.51. The molecule has 2 saturated heterocycles. The molecule has 3 heterocycles. The third-order valence-electron chi connectivity index (χ3n) is 6.25. The molecule has 2 amide bonds. The number of aliphatic carboxylic acids is 1. The van der Waals surface area contributed by atoms with Gasteiger partial charge in [0.15, 0.2) is 10.8 Å². The maximum atomic E-state index is 13.2. The largest absolute Gasteiger partial charge is 0.480 e. The SMILES string of the molecule is CC1(C)S[C@@H]2[C@@H](NC(=O)/C(=N\OC3Cc4ccccc4C3)c3csc(N)n3)C(=O)N2[C@H]1C(=O)O. The Morgan fingerprint density at radius 1 is 1.29 bits per heavy atom. The highest BCUT2D eigenvalue weighted by Crippen LogP contribution is 2.50. The Kier molecular flexibility index (Phi) is 5.52. The number of benzene rings is 1. The van der Waals surface area contributed by atoms with Gasteiger partial charge in [-0.15, -0.1) is 23.1 Å². The van der Waals surface area contributed by atoms with Crippen LogP contribution in [0, 0.1) is 0 Å². The summed E-state index contributed by atoms with van der Waals surface area (Å²) < 4.78 is -0.688. The Bertz CT molecular complexity index is 1190. The highest BCUT2D eigenvalue weighted by atomic mass is 32.2. The zero-order valence-corrected chi connectivity index (χ0v) is 20.1. The lowest BCUT2D eigenvalue weighted by atomic mass is 9.96. The van der Waals surface area contributed by atoms with Gasteiger partial charge in [0.25, 0.3) is 5.91 Å². The van der Waals surface area contributed by atoms with E-state index in [0.29, 0.717) is 12.8 Å². The first-order valence-corrected chi connectivity index (χ1v) is 12.5. The number of oxime groups is 1. The molecule has 34 heavy (non-hydrogen) atoms. The summed E-state index contributed by atoms with van der Waals surface area (Å²) in [6.45, 7) is 3.55. The molecule has 178 valence electrons. The van der Waals surface area contributed by atoms with Crippen LogP contribution in [0.5, 0.6) is 0 Å². The number of amides is 2. The second-order valence-electron chi connectivity index (χ2n) is 8.96. The first-order valence-electron chi connectivity index (χ1n) is 10.7. The summed E-state index contributed by atoms with van der Waals surface area (Å²) in [5.74, 6) is -2.13. The predicted octanol–water partition coefficient (Wildman–Crippen LogP) is 1.25. The molecule has 2 aliphatic heterocycles. The second-order valence-corrected chi connectivity index (χ2v) is 11.6.